The smallest absolute Gasteiger partial charge is 0.343 e. The van der Waals surface area contributed by atoms with E-state index in [2.05, 4.69) is 4.98 Å². The zero-order valence-electron chi connectivity index (χ0n) is 9.84. The van der Waals surface area contributed by atoms with E-state index in [-0.39, 0.29) is 29.6 Å². The number of halogens is 1. The minimum atomic E-state index is -3.96. The molecule has 0 spiro atoms. The molecule has 0 amide bonds. The van der Waals surface area contributed by atoms with Crippen LogP contribution >= 0.6 is 10.7 Å². The van der Waals surface area contributed by atoms with E-state index in [0.29, 0.717) is 0 Å². The van der Waals surface area contributed by atoms with Crippen LogP contribution in [-0.2, 0) is 13.8 Å². The van der Waals surface area contributed by atoms with Crippen molar-refractivity contribution in [2.75, 3.05) is 13.2 Å². The first-order chi connectivity index (χ1) is 8.40. The second kappa shape index (κ2) is 6.01. The summed E-state index contributed by atoms with van der Waals surface area (Å²) in [7, 11) is 1.22. The highest BCUT2D eigenvalue weighted by atomic mass is 35.7. The van der Waals surface area contributed by atoms with Gasteiger partial charge in [0.25, 0.3) is 9.05 Å². The van der Waals surface area contributed by atoms with Crippen molar-refractivity contribution in [1.82, 2.24) is 4.98 Å². The number of nitrogens with zero attached hydrogens (tertiary/aromatic N) is 1. The molecule has 0 aliphatic carbocycles. The molecule has 0 bridgehead atoms. The summed E-state index contributed by atoms with van der Waals surface area (Å²) in [4.78, 5) is 15.1. The summed E-state index contributed by atoms with van der Waals surface area (Å²) in [5.74, 6) is -0.698. The Morgan fingerprint density at radius 1 is 1.39 bits per heavy atom. The third-order valence-electron chi connectivity index (χ3n) is 1.88. The second-order valence-electron chi connectivity index (χ2n) is 3.12. The predicted molar refractivity (Wildman–Crippen MR) is 64.4 cm³/mol. The van der Waals surface area contributed by atoms with Gasteiger partial charge in [-0.15, -0.1) is 0 Å². The van der Waals surface area contributed by atoms with Crippen molar-refractivity contribution in [3.63, 3.8) is 0 Å². The molecule has 0 fully saturated rings. The Bertz CT molecular complexity index is 543. The first-order valence-corrected chi connectivity index (χ1v) is 7.45. The first kappa shape index (κ1) is 14.7. The van der Waals surface area contributed by atoms with Crippen LogP contribution in [0.3, 0.4) is 0 Å². The highest BCUT2D eigenvalue weighted by Gasteiger charge is 2.20. The molecular formula is C10H12ClNO5S. The predicted octanol–water partition coefficient (Wildman–Crippen LogP) is 1.58. The third-order valence-corrected chi connectivity index (χ3v) is 3.20. The van der Waals surface area contributed by atoms with Crippen LogP contribution in [0.2, 0.25) is 0 Å². The number of pyridine rings is 1. The van der Waals surface area contributed by atoms with Gasteiger partial charge < -0.3 is 9.47 Å². The second-order valence-corrected chi connectivity index (χ2v) is 5.68. The van der Waals surface area contributed by atoms with Crippen molar-refractivity contribution in [2.24, 2.45) is 0 Å². The molecule has 1 aromatic heterocycles. The van der Waals surface area contributed by atoms with Gasteiger partial charge in [0, 0.05) is 10.7 Å². The summed E-state index contributed by atoms with van der Waals surface area (Å²) in [6.45, 7) is 3.78. The fourth-order valence-corrected chi connectivity index (χ4v) is 1.86. The van der Waals surface area contributed by atoms with Crippen LogP contribution in [0, 0.1) is 0 Å². The number of carbonyl (C=O) groups excluding carboxylic acids is 1. The summed E-state index contributed by atoms with van der Waals surface area (Å²) in [5.41, 5.74) is -0.0691. The lowest BCUT2D eigenvalue weighted by atomic mass is 10.3. The molecule has 0 aromatic carbocycles. The molecule has 0 saturated carbocycles. The fourth-order valence-electron chi connectivity index (χ4n) is 1.17. The molecule has 0 N–H and O–H groups in total. The van der Waals surface area contributed by atoms with Crippen LogP contribution in [-0.4, -0.2) is 32.6 Å². The van der Waals surface area contributed by atoms with Gasteiger partial charge in [0.05, 0.1) is 19.4 Å². The van der Waals surface area contributed by atoms with Crippen LogP contribution in [0.25, 0.3) is 0 Å². The molecule has 0 aliphatic heterocycles. The number of rotatable bonds is 5. The summed E-state index contributed by atoms with van der Waals surface area (Å²) in [6.07, 6.45) is 1.02. The van der Waals surface area contributed by atoms with Gasteiger partial charge in [0.15, 0.2) is 0 Å². The molecule has 0 unspecified atom stereocenters. The van der Waals surface area contributed by atoms with Crippen molar-refractivity contribution in [3.05, 3.63) is 17.8 Å². The number of carbonyl (C=O) groups is 1. The summed E-state index contributed by atoms with van der Waals surface area (Å²) < 4.78 is 32.2. The molecule has 0 saturated heterocycles. The Morgan fingerprint density at radius 2 is 2.06 bits per heavy atom. The Labute approximate surface area is 109 Å². The molecule has 0 aliphatic rings. The average molecular weight is 294 g/mol. The van der Waals surface area contributed by atoms with Gasteiger partial charge in [-0.05, 0) is 19.9 Å². The molecule has 100 valence electrons. The molecular weight excluding hydrogens is 282 g/mol. The Hall–Kier alpha value is -1.34. The molecule has 0 radical (unpaired) electrons. The van der Waals surface area contributed by atoms with Crippen LogP contribution in [0.4, 0.5) is 0 Å². The summed E-state index contributed by atoms with van der Waals surface area (Å²) in [5, 5.41) is 0. The van der Waals surface area contributed by atoms with E-state index in [1.165, 1.54) is 0 Å². The zero-order valence-corrected chi connectivity index (χ0v) is 11.4. The summed E-state index contributed by atoms with van der Waals surface area (Å²) in [6, 6.07) is 1.08. The van der Waals surface area contributed by atoms with Gasteiger partial charge in [-0.25, -0.2) is 18.2 Å². The minimum absolute atomic E-state index is 0.0139. The standard InChI is InChI=1S/C10H12ClNO5S/c1-3-16-9-8(10(13)17-4-2)5-7(6-12-9)18(11,14)15/h5-6H,3-4H2,1-2H3. The minimum Gasteiger partial charge on any atom is -0.477 e. The number of ether oxygens (including phenoxy) is 2. The first-order valence-electron chi connectivity index (χ1n) is 5.14. The van der Waals surface area contributed by atoms with Crippen LogP contribution in [0.5, 0.6) is 5.88 Å². The van der Waals surface area contributed by atoms with Crippen LogP contribution < -0.4 is 4.74 Å². The Kier molecular flexibility index (Phi) is 4.92. The lowest BCUT2D eigenvalue weighted by molar-refractivity contribution is 0.0520. The number of hydrogen-bond donors (Lipinski definition) is 0. The Morgan fingerprint density at radius 3 is 2.56 bits per heavy atom. The van der Waals surface area contributed by atoms with E-state index in [1.807, 2.05) is 0 Å². The van der Waals surface area contributed by atoms with Gasteiger partial charge in [-0.2, -0.15) is 0 Å². The summed E-state index contributed by atoms with van der Waals surface area (Å²) >= 11 is 0. The quantitative estimate of drug-likeness (QED) is 0.605. The van der Waals surface area contributed by atoms with Crippen LogP contribution in [0.1, 0.15) is 24.2 Å². The average Bonchev–Trinajstić information content (AvgIpc) is 2.28. The van der Waals surface area contributed by atoms with Gasteiger partial charge in [-0.1, -0.05) is 0 Å². The molecule has 18 heavy (non-hydrogen) atoms. The SMILES string of the molecule is CCOC(=O)c1cc(S(=O)(=O)Cl)cnc1OCC. The van der Waals surface area contributed by atoms with Gasteiger partial charge >= 0.3 is 5.97 Å². The van der Waals surface area contributed by atoms with E-state index < -0.39 is 15.0 Å². The third kappa shape index (κ3) is 3.58. The maximum Gasteiger partial charge on any atom is 0.343 e. The highest BCUT2D eigenvalue weighted by molar-refractivity contribution is 8.13. The number of esters is 1. The largest absolute Gasteiger partial charge is 0.477 e. The maximum absolute atomic E-state index is 11.6. The zero-order chi connectivity index (χ0) is 13.8. The van der Waals surface area contributed by atoms with Crippen molar-refractivity contribution < 1.29 is 22.7 Å². The lowest BCUT2D eigenvalue weighted by Gasteiger charge is -2.09. The molecule has 1 heterocycles. The van der Waals surface area contributed by atoms with Gasteiger partial charge in [0.1, 0.15) is 10.5 Å². The highest BCUT2D eigenvalue weighted by Crippen LogP contribution is 2.22. The van der Waals surface area contributed by atoms with E-state index in [1.54, 1.807) is 13.8 Å². The Balaban J connectivity index is 3.28. The molecule has 1 rings (SSSR count). The van der Waals surface area contributed by atoms with Gasteiger partial charge in [0.2, 0.25) is 5.88 Å². The monoisotopic (exact) mass is 293 g/mol. The van der Waals surface area contributed by atoms with Gasteiger partial charge in [-0.3, -0.25) is 0 Å². The van der Waals surface area contributed by atoms with Crippen molar-refractivity contribution in [1.29, 1.82) is 0 Å². The molecule has 8 heteroatoms. The molecule has 0 atom stereocenters. The topological polar surface area (TPSA) is 82.6 Å². The normalized spacial score (nSPS) is 11.1. The lowest BCUT2D eigenvalue weighted by Crippen LogP contribution is -2.10. The van der Waals surface area contributed by atoms with Crippen molar-refractivity contribution in [2.45, 2.75) is 18.7 Å². The fraction of sp³-hybridized carbons (Fsp3) is 0.400. The van der Waals surface area contributed by atoms with Crippen molar-refractivity contribution >= 4 is 25.7 Å². The number of aromatic nitrogens is 1. The molecule has 6 nitrogen and oxygen atoms in total. The van der Waals surface area contributed by atoms with E-state index in [9.17, 15) is 13.2 Å². The maximum atomic E-state index is 11.6. The number of hydrogen-bond acceptors (Lipinski definition) is 6. The molecule has 1 aromatic rings. The van der Waals surface area contributed by atoms with E-state index in [4.69, 9.17) is 20.2 Å². The van der Waals surface area contributed by atoms with Crippen molar-refractivity contribution in [3.8, 4) is 5.88 Å². The van der Waals surface area contributed by atoms with Crippen LogP contribution in [0.15, 0.2) is 17.2 Å². The van der Waals surface area contributed by atoms with E-state index in [0.717, 1.165) is 12.3 Å². The van der Waals surface area contributed by atoms with E-state index >= 15 is 0 Å².